The van der Waals surface area contributed by atoms with Crippen LogP contribution in [0.5, 0.6) is 11.5 Å². The van der Waals surface area contributed by atoms with Gasteiger partial charge in [0.25, 0.3) is 0 Å². The van der Waals surface area contributed by atoms with E-state index in [0.717, 1.165) is 17.1 Å². The molecular formula is C12H18ClN5O2. The third kappa shape index (κ3) is 4.20. The van der Waals surface area contributed by atoms with E-state index in [4.69, 9.17) is 20.9 Å². The van der Waals surface area contributed by atoms with Crippen molar-refractivity contribution in [2.24, 2.45) is 21.5 Å². The molecule has 0 amide bonds. The predicted molar refractivity (Wildman–Crippen MR) is 80.4 cm³/mol. The Morgan fingerprint density at radius 1 is 1.30 bits per heavy atom. The summed E-state index contributed by atoms with van der Waals surface area (Å²) in [5.74, 6) is 1.88. The number of aliphatic imine (C=N–C) groups is 2. The molecule has 0 fully saturated rings. The molecule has 0 aliphatic carbocycles. The van der Waals surface area contributed by atoms with Gasteiger partial charge in [-0.15, -0.1) is 12.4 Å². The molecule has 1 aromatic carbocycles. The zero-order valence-corrected chi connectivity index (χ0v) is 11.9. The maximum atomic E-state index is 5.34. The lowest BCUT2D eigenvalue weighted by atomic mass is 10.2. The van der Waals surface area contributed by atoms with Gasteiger partial charge < -0.3 is 26.3 Å². The summed E-state index contributed by atoms with van der Waals surface area (Å²) >= 11 is 0. The molecule has 0 bridgehead atoms. The van der Waals surface area contributed by atoms with Gasteiger partial charge in [0.05, 0.1) is 6.54 Å². The first-order valence-electron chi connectivity index (χ1n) is 5.95. The molecule has 20 heavy (non-hydrogen) atoms. The van der Waals surface area contributed by atoms with Crippen LogP contribution >= 0.6 is 12.4 Å². The highest BCUT2D eigenvalue weighted by atomic mass is 35.5. The number of benzene rings is 1. The molecule has 1 heterocycles. The molecule has 0 radical (unpaired) electrons. The summed E-state index contributed by atoms with van der Waals surface area (Å²) in [4.78, 5) is 8.22. The fourth-order valence-corrected chi connectivity index (χ4v) is 1.62. The normalized spacial score (nSPS) is 12.6. The van der Waals surface area contributed by atoms with Crippen molar-refractivity contribution in [3.8, 4) is 11.5 Å². The Bertz CT molecular complexity index is 515. The number of fused-ring (bicyclic) bond motifs is 1. The smallest absolute Gasteiger partial charge is 0.231 e. The first-order chi connectivity index (χ1) is 9.19. The Morgan fingerprint density at radius 2 is 2.05 bits per heavy atom. The summed E-state index contributed by atoms with van der Waals surface area (Å²) in [5, 5.41) is 2.98. The molecule has 0 atom stereocenters. The largest absolute Gasteiger partial charge is 0.454 e. The second kappa shape index (κ2) is 7.44. The number of nitrogens with two attached hydrogens (primary N) is 2. The van der Waals surface area contributed by atoms with Gasteiger partial charge in [-0.2, -0.15) is 4.99 Å². The van der Waals surface area contributed by atoms with Crippen LogP contribution in [-0.4, -0.2) is 25.3 Å². The van der Waals surface area contributed by atoms with Crippen LogP contribution in [0.1, 0.15) is 12.5 Å². The molecule has 8 heteroatoms. The number of ether oxygens (including phenoxy) is 2. The highest BCUT2D eigenvalue weighted by molar-refractivity contribution is 5.93. The van der Waals surface area contributed by atoms with Gasteiger partial charge in [-0.25, -0.2) is 4.99 Å². The van der Waals surface area contributed by atoms with Gasteiger partial charge in [0.1, 0.15) is 0 Å². The fourth-order valence-electron chi connectivity index (χ4n) is 1.62. The van der Waals surface area contributed by atoms with Crippen molar-refractivity contribution < 1.29 is 9.47 Å². The highest BCUT2D eigenvalue weighted by Gasteiger charge is 2.12. The summed E-state index contributed by atoms with van der Waals surface area (Å²) in [5.41, 5.74) is 11.7. The average Bonchev–Trinajstić information content (AvgIpc) is 2.83. The zero-order chi connectivity index (χ0) is 13.7. The Balaban J connectivity index is 0.00000200. The Labute approximate surface area is 123 Å². The molecule has 0 saturated carbocycles. The van der Waals surface area contributed by atoms with Crippen LogP contribution < -0.4 is 26.3 Å². The topological polar surface area (TPSA) is 107 Å². The van der Waals surface area contributed by atoms with Crippen LogP contribution in [0.4, 0.5) is 0 Å². The van der Waals surface area contributed by atoms with Crippen molar-refractivity contribution in [1.82, 2.24) is 5.32 Å². The number of hydrogen-bond acceptors (Lipinski definition) is 3. The predicted octanol–water partition coefficient (Wildman–Crippen LogP) is 0.576. The molecular weight excluding hydrogens is 282 g/mol. The van der Waals surface area contributed by atoms with Gasteiger partial charge in [-0.3, -0.25) is 0 Å². The van der Waals surface area contributed by atoms with Gasteiger partial charge in [-0.05, 0) is 24.6 Å². The lowest BCUT2D eigenvalue weighted by Gasteiger charge is -2.04. The maximum absolute atomic E-state index is 5.34. The highest BCUT2D eigenvalue weighted by Crippen LogP contribution is 2.32. The van der Waals surface area contributed by atoms with Crippen molar-refractivity contribution in [1.29, 1.82) is 0 Å². The molecule has 110 valence electrons. The Morgan fingerprint density at radius 3 is 2.75 bits per heavy atom. The molecule has 0 saturated heterocycles. The van der Waals surface area contributed by atoms with Gasteiger partial charge in [0, 0.05) is 6.54 Å². The summed E-state index contributed by atoms with van der Waals surface area (Å²) in [6.45, 7) is 3.35. The first kappa shape index (κ1) is 15.9. The summed E-state index contributed by atoms with van der Waals surface area (Å²) in [6.07, 6.45) is 0. The second-order valence-electron chi connectivity index (χ2n) is 3.89. The quantitative estimate of drug-likeness (QED) is 0.559. The number of halogens is 1. The summed E-state index contributed by atoms with van der Waals surface area (Å²) in [6, 6.07) is 5.68. The minimum absolute atomic E-state index is 0. The van der Waals surface area contributed by atoms with Gasteiger partial charge in [0.15, 0.2) is 17.5 Å². The molecule has 2 rings (SSSR count). The van der Waals surface area contributed by atoms with Crippen LogP contribution in [0.2, 0.25) is 0 Å². The van der Waals surface area contributed by atoms with E-state index < -0.39 is 0 Å². The van der Waals surface area contributed by atoms with E-state index in [1.54, 1.807) is 0 Å². The monoisotopic (exact) mass is 299 g/mol. The van der Waals surface area contributed by atoms with Crippen LogP contribution in [0.25, 0.3) is 0 Å². The summed E-state index contributed by atoms with van der Waals surface area (Å²) < 4.78 is 10.5. The standard InChI is InChI=1S/C12H17N5O2.ClH/c1-2-15-12(17-11(13)14)16-6-8-3-4-9-10(5-8)19-7-18-9;/h3-5H,2,6-7H2,1H3,(H5,13,14,15,16,17);1H. The third-order valence-electron chi connectivity index (χ3n) is 2.42. The van der Waals surface area contributed by atoms with Crippen molar-refractivity contribution in [3.63, 3.8) is 0 Å². The number of rotatable bonds is 3. The van der Waals surface area contributed by atoms with E-state index in [1.165, 1.54) is 0 Å². The Hall–Kier alpha value is -2.15. The number of nitrogens with one attached hydrogen (secondary N) is 1. The minimum atomic E-state index is -0.0228. The molecule has 7 nitrogen and oxygen atoms in total. The van der Waals surface area contributed by atoms with Gasteiger partial charge in [0.2, 0.25) is 12.8 Å². The molecule has 1 aliphatic rings. The maximum Gasteiger partial charge on any atom is 0.231 e. The second-order valence-corrected chi connectivity index (χ2v) is 3.89. The van der Waals surface area contributed by atoms with E-state index in [1.807, 2.05) is 25.1 Å². The van der Waals surface area contributed by atoms with E-state index in [0.29, 0.717) is 19.0 Å². The lowest BCUT2D eigenvalue weighted by molar-refractivity contribution is 0.174. The van der Waals surface area contributed by atoms with Gasteiger partial charge >= 0.3 is 0 Å². The molecule has 0 unspecified atom stereocenters. The van der Waals surface area contributed by atoms with Crippen LogP contribution in [0, 0.1) is 0 Å². The molecule has 0 spiro atoms. The van der Waals surface area contributed by atoms with E-state index in [2.05, 4.69) is 15.3 Å². The molecule has 0 aromatic heterocycles. The van der Waals surface area contributed by atoms with Crippen LogP contribution in [0.15, 0.2) is 28.2 Å². The minimum Gasteiger partial charge on any atom is -0.454 e. The van der Waals surface area contributed by atoms with E-state index in [-0.39, 0.29) is 25.2 Å². The van der Waals surface area contributed by atoms with E-state index in [9.17, 15) is 0 Å². The average molecular weight is 300 g/mol. The number of hydrogen-bond donors (Lipinski definition) is 3. The van der Waals surface area contributed by atoms with E-state index >= 15 is 0 Å². The van der Waals surface area contributed by atoms with Crippen molar-refractivity contribution in [2.75, 3.05) is 13.3 Å². The molecule has 1 aromatic rings. The Kier molecular flexibility index (Phi) is 5.92. The number of nitrogens with zero attached hydrogens (tertiary/aromatic N) is 2. The summed E-state index contributed by atoms with van der Waals surface area (Å²) in [7, 11) is 0. The SMILES string of the molecule is CCNC(N=C(N)N)=NCc1ccc2c(c1)OCO2.Cl. The third-order valence-corrected chi connectivity index (χ3v) is 2.42. The van der Waals surface area contributed by atoms with Crippen LogP contribution in [0.3, 0.4) is 0 Å². The lowest BCUT2D eigenvalue weighted by Crippen LogP contribution is -2.29. The first-order valence-corrected chi connectivity index (χ1v) is 5.95. The zero-order valence-electron chi connectivity index (χ0n) is 11.1. The van der Waals surface area contributed by atoms with Gasteiger partial charge in [-0.1, -0.05) is 6.07 Å². The van der Waals surface area contributed by atoms with Crippen molar-refractivity contribution in [3.05, 3.63) is 23.8 Å². The fraction of sp³-hybridized carbons (Fsp3) is 0.333. The molecule has 5 N–H and O–H groups in total. The van der Waals surface area contributed by atoms with Crippen LogP contribution in [-0.2, 0) is 6.54 Å². The van der Waals surface area contributed by atoms with Crippen molar-refractivity contribution in [2.45, 2.75) is 13.5 Å². The van der Waals surface area contributed by atoms with Crippen molar-refractivity contribution >= 4 is 24.3 Å². The molecule has 1 aliphatic heterocycles. The number of guanidine groups is 2.